The number of rotatable bonds is 8. The minimum absolute atomic E-state index is 0.143. The van der Waals surface area contributed by atoms with E-state index >= 15 is 0 Å². The van der Waals surface area contributed by atoms with Crippen LogP contribution in [0.2, 0.25) is 0 Å². The lowest BCUT2D eigenvalue weighted by molar-refractivity contribution is -0.114. The van der Waals surface area contributed by atoms with Crippen molar-refractivity contribution in [3.8, 4) is 5.75 Å². The third-order valence-electron chi connectivity index (χ3n) is 4.97. The Balaban J connectivity index is 1.62. The summed E-state index contributed by atoms with van der Waals surface area (Å²) in [6.07, 6.45) is 3.06. The van der Waals surface area contributed by atoms with Crippen molar-refractivity contribution in [2.24, 2.45) is 5.92 Å². The summed E-state index contributed by atoms with van der Waals surface area (Å²) < 4.78 is 11.3. The van der Waals surface area contributed by atoms with E-state index < -0.39 is 0 Å². The molecule has 6 heteroatoms. The molecule has 0 aliphatic carbocycles. The molecule has 1 fully saturated rings. The van der Waals surface area contributed by atoms with Crippen LogP contribution < -0.4 is 15.4 Å². The Kier molecular flexibility index (Phi) is 7.64. The van der Waals surface area contributed by atoms with Gasteiger partial charge in [0.05, 0.1) is 5.69 Å². The average molecular weight is 396 g/mol. The monoisotopic (exact) mass is 396 g/mol. The van der Waals surface area contributed by atoms with Crippen LogP contribution in [0.1, 0.15) is 42.1 Å². The van der Waals surface area contributed by atoms with Gasteiger partial charge in [-0.05, 0) is 48.9 Å². The molecule has 154 valence electrons. The van der Waals surface area contributed by atoms with Crippen LogP contribution in [-0.4, -0.2) is 31.6 Å². The Hall–Kier alpha value is -2.86. The number of hydrogen-bond donors (Lipinski definition) is 2. The van der Waals surface area contributed by atoms with Crippen LogP contribution in [0.15, 0.2) is 48.5 Å². The van der Waals surface area contributed by atoms with E-state index in [-0.39, 0.29) is 11.8 Å². The van der Waals surface area contributed by atoms with Gasteiger partial charge in [-0.25, -0.2) is 0 Å². The smallest absolute Gasteiger partial charge is 0.251 e. The van der Waals surface area contributed by atoms with Crippen LogP contribution >= 0.6 is 0 Å². The van der Waals surface area contributed by atoms with Crippen molar-refractivity contribution in [3.63, 3.8) is 0 Å². The van der Waals surface area contributed by atoms with Crippen LogP contribution in [0.3, 0.4) is 0 Å². The molecule has 6 nitrogen and oxygen atoms in total. The Morgan fingerprint density at radius 2 is 1.86 bits per heavy atom. The van der Waals surface area contributed by atoms with Crippen molar-refractivity contribution in [1.82, 2.24) is 5.32 Å². The second-order valence-corrected chi connectivity index (χ2v) is 7.27. The van der Waals surface area contributed by atoms with E-state index in [0.29, 0.717) is 36.1 Å². The fraction of sp³-hybridized carbons (Fsp3) is 0.391. The van der Waals surface area contributed by atoms with Gasteiger partial charge in [-0.2, -0.15) is 0 Å². The second-order valence-electron chi connectivity index (χ2n) is 7.27. The first-order valence-electron chi connectivity index (χ1n) is 10.1. The van der Waals surface area contributed by atoms with Crippen molar-refractivity contribution in [1.29, 1.82) is 0 Å². The third kappa shape index (κ3) is 6.61. The van der Waals surface area contributed by atoms with Gasteiger partial charge < -0.3 is 20.1 Å². The minimum Gasteiger partial charge on any atom is -0.487 e. The van der Waals surface area contributed by atoms with Gasteiger partial charge in [0.2, 0.25) is 5.91 Å². The summed E-state index contributed by atoms with van der Waals surface area (Å²) in [5.41, 5.74) is 2.06. The van der Waals surface area contributed by atoms with E-state index in [1.807, 2.05) is 30.3 Å². The van der Waals surface area contributed by atoms with Gasteiger partial charge in [0.25, 0.3) is 5.91 Å². The molecule has 3 rings (SSSR count). The highest BCUT2D eigenvalue weighted by atomic mass is 16.5. The average Bonchev–Trinajstić information content (AvgIpc) is 2.74. The Labute approximate surface area is 171 Å². The number of anilines is 1. The van der Waals surface area contributed by atoms with Gasteiger partial charge in [0.15, 0.2) is 0 Å². The van der Waals surface area contributed by atoms with Gasteiger partial charge in [-0.1, -0.05) is 30.3 Å². The van der Waals surface area contributed by atoms with Crippen LogP contribution in [0.5, 0.6) is 5.75 Å². The molecule has 0 aromatic heterocycles. The van der Waals surface area contributed by atoms with Gasteiger partial charge in [-0.15, -0.1) is 0 Å². The van der Waals surface area contributed by atoms with Crippen LogP contribution in [0.25, 0.3) is 0 Å². The van der Waals surface area contributed by atoms with Crippen molar-refractivity contribution in [2.45, 2.75) is 32.8 Å². The highest BCUT2D eigenvalue weighted by Crippen LogP contribution is 2.27. The zero-order chi connectivity index (χ0) is 20.5. The normalized spacial score (nSPS) is 14.2. The Morgan fingerprint density at radius 3 is 2.59 bits per heavy atom. The maximum atomic E-state index is 12.6. The molecule has 0 atom stereocenters. The van der Waals surface area contributed by atoms with Crippen molar-refractivity contribution in [2.75, 3.05) is 25.1 Å². The predicted molar refractivity (Wildman–Crippen MR) is 112 cm³/mol. The summed E-state index contributed by atoms with van der Waals surface area (Å²) >= 11 is 0. The minimum atomic E-state index is -0.191. The number of benzene rings is 2. The predicted octanol–water partition coefficient (Wildman–Crippen LogP) is 3.77. The topological polar surface area (TPSA) is 76.7 Å². The maximum Gasteiger partial charge on any atom is 0.251 e. The maximum absolute atomic E-state index is 12.6. The Bertz CT molecular complexity index is 817. The fourth-order valence-corrected chi connectivity index (χ4v) is 3.34. The number of amides is 2. The molecule has 0 spiro atoms. The molecule has 2 aromatic carbocycles. The quantitative estimate of drug-likeness (QED) is 0.712. The van der Waals surface area contributed by atoms with Gasteiger partial charge in [-0.3, -0.25) is 9.59 Å². The van der Waals surface area contributed by atoms with Crippen molar-refractivity contribution < 1.29 is 19.1 Å². The highest BCUT2D eigenvalue weighted by Gasteiger charge is 2.15. The third-order valence-corrected chi connectivity index (χ3v) is 4.97. The molecule has 2 N–H and O–H groups in total. The zero-order valence-electron chi connectivity index (χ0n) is 16.8. The van der Waals surface area contributed by atoms with Crippen LogP contribution in [-0.2, 0) is 16.1 Å². The summed E-state index contributed by atoms with van der Waals surface area (Å²) in [5.74, 6) is 0.747. The summed E-state index contributed by atoms with van der Waals surface area (Å²) in [4.78, 5) is 24.1. The molecule has 2 aromatic rings. The van der Waals surface area contributed by atoms with E-state index in [1.54, 1.807) is 18.2 Å². The summed E-state index contributed by atoms with van der Waals surface area (Å²) in [7, 11) is 0. The summed E-state index contributed by atoms with van der Waals surface area (Å²) in [5, 5.41) is 5.74. The van der Waals surface area contributed by atoms with Crippen molar-refractivity contribution in [3.05, 3.63) is 59.7 Å². The largest absolute Gasteiger partial charge is 0.487 e. The molecule has 1 saturated heterocycles. The van der Waals surface area contributed by atoms with Gasteiger partial charge in [0.1, 0.15) is 12.4 Å². The van der Waals surface area contributed by atoms with E-state index in [0.717, 1.165) is 38.0 Å². The molecule has 0 unspecified atom stereocenters. The number of nitrogens with one attached hydrogen (secondary N) is 2. The summed E-state index contributed by atoms with van der Waals surface area (Å²) in [6, 6.07) is 14.8. The van der Waals surface area contributed by atoms with Gasteiger partial charge >= 0.3 is 0 Å². The number of carbonyl (C=O) groups excluding carboxylic acids is 2. The molecule has 29 heavy (non-hydrogen) atoms. The zero-order valence-corrected chi connectivity index (χ0v) is 16.8. The SMILES string of the molecule is CC(=O)Nc1ccc(C(=O)NCCC2CCOCC2)cc1OCc1ccccc1. The first kappa shape index (κ1) is 20.9. The number of ether oxygens (including phenoxy) is 2. The molecule has 0 bridgehead atoms. The van der Waals surface area contributed by atoms with Crippen LogP contribution in [0.4, 0.5) is 5.69 Å². The van der Waals surface area contributed by atoms with E-state index in [4.69, 9.17) is 9.47 Å². The number of hydrogen-bond acceptors (Lipinski definition) is 4. The molecule has 0 radical (unpaired) electrons. The first-order chi connectivity index (χ1) is 14.1. The molecule has 2 amide bonds. The summed E-state index contributed by atoms with van der Waals surface area (Å²) in [6.45, 7) is 4.05. The highest BCUT2D eigenvalue weighted by molar-refractivity contribution is 5.96. The molecular weight excluding hydrogens is 368 g/mol. The molecular formula is C23H28N2O4. The standard InChI is InChI=1S/C23H28N2O4/c1-17(26)25-21-8-7-20(15-22(21)29-16-19-5-3-2-4-6-19)23(27)24-12-9-18-10-13-28-14-11-18/h2-8,15,18H,9-14,16H2,1H3,(H,24,27)(H,25,26). The molecule has 1 heterocycles. The lowest BCUT2D eigenvalue weighted by atomic mass is 9.97. The molecule has 1 aliphatic heterocycles. The van der Waals surface area contributed by atoms with E-state index in [1.165, 1.54) is 6.92 Å². The first-order valence-corrected chi connectivity index (χ1v) is 10.1. The Morgan fingerprint density at radius 1 is 1.10 bits per heavy atom. The fourth-order valence-electron chi connectivity index (χ4n) is 3.34. The lowest BCUT2D eigenvalue weighted by Gasteiger charge is -2.21. The molecule has 1 aliphatic rings. The van der Waals surface area contributed by atoms with Crippen molar-refractivity contribution >= 4 is 17.5 Å². The molecule has 0 saturated carbocycles. The second kappa shape index (κ2) is 10.6. The lowest BCUT2D eigenvalue weighted by Crippen LogP contribution is -2.27. The van der Waals surface area contributed by atoms with Crippen LogP contribution in [0, 0.1) is 5.92 Å². The van der Waals surface area contributed by atoms with Gasteiger partial charge in [0, 0.05) is 32.2 Å². The van der Waals surface area contributed by atoms with E-state index in [2.05, 4.69) is 10.6 Å². The number of carbonyl (C=O) groups is 2. The van der Waals surface area contributed by atoms with E-state index in [9.17, 15) is 9.59 Å².